The Bertz CT molecular complexity index is 1050. The van der Waals surface area contributed by atoms with Crippen molar-refractivity contribution in [3.05, 3.63) is 76.1 Å². The second-order valence-electron chi connectivity index (χ2n) is 7.72. The maximum absolute atomic E-state index is 12.1. The molecular weight excluding hydrogens is 428 g/mol. The lowest BCUT2D eigenvalue weighted by Gasteiger charge is -2.31. The summed E-state index contributed by atoms with van der Waals surface area (Å²) in [6.45, 7) is 2.36. The van der Waals surface area contributed by atoms with Gasteiger partial charge in [-0.25, -0.2) is 9.78 Å². The van der Waals surface area contributed by atoms with Gasteiger partial charge in [-0.3, -0.25) is 10.1 Å². The van der Waals surface area contributed by atoms with E-state index in [1.165, 1.54) is 41.4 Å². The second-order valence-corrected chi connectivity index (χ2v) is 8.46. The molecule has 32 heavy (non-hydrogen) atoms. The van der Waals surface area contributed by atoms with Crippen LogP contribution in [0.15, 0.2) is 54.6 Å². The van der Waals surface area contributed by atoms with Crippen molar-refractivity contribution in [2.75, 3.05) is 29.9 Å². The molecule has 0 aliphatic carbocycles. The highest BCUT2D eigenvalue weighted by molar-refractivity contribution is 7.09. The summed E-state index contributed by atoms with van der Waals surface area (Å²) < 4.78 is 4.51. The number of anilines is 2. The summed E-state index contributed by atoms with van der Waals surface area (Å²) in [6.07, 6.45) is 2.67. The first kappa shape index (κ1) is 21.7. The van der Waals surface area contributed by atoms with Crippen LogP contribution in [-0.2, 0) is 6.42 Å². The molecule has 166 valence electrons. The van der Waals surface area contributed by atoms with Crippen molar-refractivity contribution in [1.29, 1.82) is 0 Å². The van der Waals surface area contributed by atoms with Gasteiger partial charge < -0.3 is 15.5 Å². The number of piperidine rings is 1. The zero-order valence-corrected chi connectivity index (χ0v) is 18.3. The Hall–Kier alpha value is -3.53. The number of urea groups is 1. The topological polar surface area (TPSA) is 113 Å². The Morgan fingerprint density at radius 2 is 1.84 bits per heavy atom. The van der Waals surface area contributed by atoms with Crippen molar-refractivity contribution < 1.29 is 9.72 Å². The van der Waals surface area contributed by atoms with Gasteiger partial charge in [0.2, 0.25) is 5.13 Å². The van der Waals surface area contributed by atoms with Gasteiger partial charge in [0.25, 0.3) is 5.69 Å². The first-order chi connectivity index (χ1) is 15.6. The van der Waals surface area contributed by atoms with E-state index in [9.17, 15) is 14.9 Å². The molecule has 2 N–H and O–H groups in total. The van der Waals surface area contributed by atoms with Crippen LogP contribution in [0, 0.1) is 16.0 Å². The number of hydrogen-bond donors (Lipinski definition) is 2. The molecule has 10 heteroatoms. The van der Waals surface area contributed by atoms with E-state index in [0.29, 0.717) is 18.2 Å². The Kier molecular flexibility index (Phi) is 6.90. The van der Waals surface area contributed by atoms with Gasteiger partial charge >= 0.3 is 6.03 Å². The van der Waals surface area contributed by atoms with E-state index in [1.807, 2.05) is 18.2 Å². The van der Waals surface area contributed by atoms with Gasteiger partial charge in [-0.05, 0) is 36.5 Å². The average Bonchev–Trinajstić information content (AvgIpc) is 3.27. The molecule has 1 fully saturated rings. The summed E-state index contributed by atoms with van der Waals surface area (Å²) in [7, 11) is 0. The molecule has 0 atom stereocenters. The number of hydrogen-bond acceptors (Lipinski definition) is 7. The van der Waals surface area contributed by atoms with E-state index >= 15 is 0 Å². The van der Waals surface area contributed by atoms with Crippen LogP contribution < -0.4 is 15.5 Å². The van der Waals surface area contributed by atoms with E-state index in [-0.39, 0.29) is 11.7 Å². The number of aromatic nitrogens is 2. The number of nitro benzene ring substituents is 1. The van der Waals surface area contributed by atoms with E-state index < -0.39 is 4.92 Å². The van der Waals surface area contributed by atoms with Gasteiger partial charge in [0.15, 0.2) is 0 Å². The highest BCUT2D eigenvalue weighted by atomic mass is 32.1. The Morgan fingerprint density at radius 1 is 1.12 bits per heavy atom. The number of non-ortho nitro benzene ring substituents is 1. The lowest BCUT2D eigenvalue weighted by molar-refractivity contribution is -0.384. The van der Waals surface area contributed by atoms with Crippen LogP contribution in [-0.4, -0.2) is 39.9 Å². The number of nitro groups is 1. The fourth-order valence-electron chi connectivity index (χ4n) is 3.63. The van der Waals surface area contributed by atoms with Crippen molar-refractivity contribution >= 4 is 34.1 Å². The third kappa shape index (κ3) is 5.79. The molecule has 1 aromatic heterocycles. The molecule has 1 aliphatic heterocycles. The normalized spacial score (nSPS) is 14.2. The van der Waals surface area contributed by atoms with Crippen LogP contribution in [0.2, 0.25) is 0 Å². The number of amides is 2. The summed E-state index contributed by atoms with van der Waals surface area (Å²) in [5.74, 6) is 1.24. The molecule has 2 aromatic carbocycles. The summed E-state index contributed by atoms with van der Waals surface area (Å²) >= 11 is 1.44. The van der Waals surface area contributed by atoms with Crippen LogP contribution in [0.5, 0.6) is 0 Å². The van der Waals surface area contributed by atoms with Gasteiger partial charge in [-0.1, -0.05) is 30.3 Å². The van der Waals surface area contributed by atoms with Crippen LogP contribution in [0.1, 0.15) is 24.2 Å². The Morgan fingerprint density at radius 3 is 2.53 bits per heavy atom. The standard InChI is InChI=1S/C22H24N6O3S/c29-21(24-18-6-8-19(9-7-18)28(30)31)23-15-17-10-12-27(13-11-17)22-25-20(26-32-22)14-16-4-2-1-3-5-16/h1-9,17H,10-15H2,(H2,23,24,29). The molecule has 0 spiro atoms. The van der Waals surface area contributed by atoms with E-state index in [0.717, 1.165) is 43.3 Å². The lowest BCUT2D eigenvalue weighted by Crippen LogP contribution is -2.39. The first-order valence-corrected chi connectivity index (χ1v) is 11.2. The average molecular weight is 453 g/mol. The number of benzene rings is 2. The van der Waals surface area contributed by atoms with Crippen molar-refractivity contribution in [2.45, 2.75) is 19.3 Å². The molecule has 9 nitrogen and oxygen atoms in total. The van der Waals surface area contributed by atoms with Crippen molar-refractivity contribution in [3.8, 4) is 0 Å². The number of carbonyl (C=O) groups is 1. The van der Waals surface area contributed by atoms with Crippen LogP contribution in [0.4, 0.5) is 21.3 Å². The summed E-state index contributed by atoms with van der Waals surface area (Å²) in [6, 6.07) is 15.7. The molecule has 1 aliphatic rings. The predicted octanol–water partition coefficient (Wildman–Crippen LogP) is 4.08. The van der Waals surface area contributed by atoms with Crippen molar-refractivity contribution in [2.24, 2.45) is 5.92 Å². The zero-order chi connectivity index (χ0) is 22.3. The monoisotopic (exact) mass is 452 g/mol. The van der Waals surface area contributed by atoms with Gasteiger partial charge in [-0.2, -0.15) is 4.37 Å². The second kappa shape index (κ2) is 10.2. The molecular formula is C22H24N6O3S. The fourth-order valence-corrected chi connectivity index (χ4v) is 4.37. The van der Waals surface area contributed by atoms with E-state index in [4.69, 9.17) is 4.98 Å². The molecule has 0 bridgehead atoms. The minimum atomic E-state index is -0.470. The molecule has 0 saturated carbocycles. The van der Waals surface area contributed by atoms with Crippen molar-refractivity contribution in [3.63, 3.8) is 0 Å². The minimum Gasteiger partial charge on any atom is -0.347 e. The number of carbonyl (C=O) groups excluding carboxylic acids is 1. The highest BCUT2D eigenvalue weighted by Crippen LogP contribution is 2.25. The molecule has 0 unspecified atom stereocenters. The van der Waals surface area contributed by atoms with E-state index in [2.05, 4.69) is 32.0 Å². The third-order valence-electron chi connectivity index (χ3n) is 5.43. The zero-order valence-electron chi connectivity index (χ0n) is 17.4. The molecule has 0 radical (unpaired) electrons. The van der Waals surface area contributed by atoms with Gasteiger partial charge in [0.1, 0.15) is 5.82 Å². The van der Waals surface area contributed by atoms with Gasteiger partial charge in [-0.15, -0.1) is 0 Å². The molecule has 1 saturated heterocycles. The van der Waals surface area contributed by atoms with Crippen LogP contribution in [0.3, 0.4) is 0 Å². The number of nitrogens with one attached hydrogen (secondary N) is 2. The fraction of sp³-hybridized carbons (Fsp3) is 0.318. The SMILES string of the molecule is O=C(NCC1CCN(c2nc(Cc3ccccc3)ns2)CC1)Nc1ccc([N+](=O)[O-])cc1. The Labute approximate surface area is 189 Å². The van der Waals surface area contributed by atoms with Gasteiger partial charge in [0.05, 0.1) is 4.92 Å². The summed E-state index contributed by atoms with van der Waals surface area (Å²) in [5, 5.41) is 17.3. The molecule has 2 amide bonds. The molecule has 4 rings (SSSR count). The maximum atomic E-state index is 12.1. The third-order valence-corrected chi connectivity index (χ3v) is 6.25. The van der Waals surface area contributed by atoms with Crippen LogP contribution >= 0.6 is 11.5 Å². The quantitative estimate of drug-likeness (QED) is 0.413. The lowest BCUT2D eigenvalue weighted by atomic mass is 9.97. The largest absolute Gasteiger partial charge is 0.347 e. The summed E-state index contributed by atoms with van der Waals surface area (Å²) in [5.41, 5.74) is 1.71. The van der Waals surface area contributed by atoms with Crippen molar-refractivity contribution in [1.82, 2.24) is 14.7 Å². The summed E-state index contributed by atoms with van der Waals surface area (Å²) in [4.78, 5) is 29.3. The smallest absolute Gasteiger partial charge is 0.319 e. The molecule has 3 aromatic rings. The number of rotatable bonds is 7. The minimum absolute atomic E-state index is 0.00895. The van der Waals surface area contributed by atoms with E-state index in [1.54, 1.807) is 0 Å². The Balaban J connectivity index is 1.19. The highest BCUT2D eigenvalue weighted by Gasteiger charge is 2.22. The number of nitrogens with zero attached hydrogens (tertiary/aromatic N) is 4. The molecule has 2 heterocycles. The predicted molar refractivity (Wildman–Crippen MR) is 124 cm³/mol. The van der Waals surface area contributed by atoms with Gasteiger partial charge in [0, 0.05) is 55.4 Å². The maximum Gasteiger partial charge on any atom is 0.319 e. The first-order valence-electron chi connectivity index (χ1n) is 10.5. The van der Waals surface area contributed by atoms with Crippen LogP contribution in [0.25, 0.3) is 0 Å².